The van der Waals surface area contributed by atoms with E-state index in [1.54, 1.807) is 11.1 Å². The Kier molecular flexibility index (Phi) is 9.83. The minimum absolute atomic E-state index is 0.112. The van der Waals surface area contributed by atoms with Gasteiger partial charge in [-0.05, 0) is 89.4 Å². The molecular formula is C47H48N8O7. The minimum Gasteiger partial charge on any atom is -0.488 e. The number of benzene rings is 4. The molecule has 6 aromatic rings. The number of methoxy groups -OCH3 is 2. The van der Waals surface area contributed by atoms with Crippen molar-refractivity contribution in [3.05, 3.63) is 102 Å². The highest BCUT2D eigenvalue weighted by atomic mass is 16.5. The van der Waals surface area contributed by atoms with Crippen LogP contribution in [0.5, 0.6) is 5.75 Å². The molecule has 2 aromatic heterocycles. The lowest BCUT2D eigenvalue weighted by molar-refractivity contribution is -0.137. The number of carbonyl (C=O) groups is 4. The van der Waals surface area contributed by atoms with Crippen LogP contribution < -0.4 is 15.4 Å². The van der Waals surface area contributed by atoms with Gasteiger partial charge in [-0.25, -0.2) is 19.6 Å². The van der Waals surface area contributed by atoms with Crippen LogP contribution in [-0.2, 0) is 25.7 Å². The van der Waals surface area contributed by atoms with Crippen molar-refractivity contribution in [1.29, 1.82) is 0 Å². The van der Waals surface area contributed by atoms with E-state index < -0.39 is 24.3 Å². The van der Waals surface area contributed by atoms with E-state index in [0.29, 0.717) is 30.5 Å². The fourth-order valence-corrected chi connectivity index (χ4v) is 9.76. The van der Waals surface area contributed by atoms with Gasteiger partial charge in [0.2, 0.25) is 5.91 Å². The van der Waals surface area contributed by atoms with Crippen molar-refractivity contribution in [2.24, 2.45) is 11.8 Å². The van der Waals surface area contributed by atoms with Gasteiger partial charge < -0.3 is 44.6 Å². The second-order valence-electron chi connectivity index (χ2n) is 17.1. The number of hydrogen-bond donors (Lipinski definition) is 4. The van der Waals surface area contributed by atoms with Crippen LogP contribution >= 0.6 is 0 Å². The number of piperidine rings is 1. The number of hydrogen-bond acceptors (Lipinski definition) is 9. The maximum absolute atomic E-state index is 14.0. The Labute approximate surface area is 357 Å². The van der Waals surface area contributed by atoms with E-state index in [0.717, 1.165) is 87.0 Å². The van der Waals surface area contributed by atoms with Crippen LogP contribution in [0.15, 0.2) is 79.0 Å². The van der Waals surface area contributed by atoms with Gasteiger partial charge in [0.1, 0.15) is 36.1 Å². The van der Waals surface area contributed by atoms with Gasteiger partial charge in [0, 0.05) is 23.5 Å². The predicted octanol–water partition coefficient (Wildman–Crippen LogP) is 7.47. The van der Waals surface area contributed by atoms with Gasteiger partial charge in [-0.15, -0.1) is 0 Å². The van der Waals surface area contributed by atoms with Crippen LogP contribution in [-0.4, -0.2) is 86.6 Å². The quantitative estimate of drug-likeness (QED) is 0.115. The third-order valence-electron chi connectivity index (χ3n) is 13.0. The molecule has 3 fully saturated rings. The average Bonchev–Trinajstić information content (AvgIpc) is 3.81. The molecule has 4 N–H and O–H groups in total. The summed E-state index contributed by atoms with van der Waals surface area (Å²) in [5.74, 6) is 2.18. The molecule has 62 heavy (non-hydrogen) atoms. The van der Waals surface area contributed by atoms with Crippen molar-refractivity contribution in [2.75, 3.05) is 20.8 Å². The predicted molar refractivity (Wildman–Crippen MR) is 230 cm³/mol. The normalized spacial score (nSPS) is 20.9. The fraction of sp³-hybridized carbons (Fsp3) is 0.362. The summed E-state index contributed by atoms with van der Waals surface area (Å²) in [5, 5.41) is 7.49. The first-order valence-corrected chi connectivity index (χ1v) is 21.2. The molecule has 0 radical (unpaired) electrons. The van der Waals surface area contributed by atoms with Gasteiger partial charge in [-0.1, -0.05) is 62.4 Å². The van der Waals surface area contributed by atoms with E-state index in [4.69, 9.17) is 24.2 Å². The number of rotatable bonds is 9. The van der Waals surface area contributed by atoms with Crippen LogP contribution in [0.4, 0.5) is 9.59 Å². The number of aromatic nitrogens is 4. The lowest BCUT2D eigenvalue weighted by atomic mass is 9.92. The molecule has 0 bridgehead atoms. The summed E-state index contributed by atoms with van der Waals surface area (Å²) in [6.07, 6.45) is 3.83. The number of nitrogens with zero attached hydrogens (tertiary/aromatic N) is 4. The van der Waals surface area contributed by atoms with Crippen LogP contribution in [0.3, 0.4) is 0 Å². The third-order valence-corrected chi connectivity index (χ3v) is 13.0. The fourth-order valence-electron chi connectivity index (χ4n) is 9.76. The van der Waals surface area contributed by atoms with E-state index in [-0.39, 0.29) is 35.9 Å². The summed E-state index contributed by atoms with van der Waals surface area (Å²) in [4.78, 5) is 73.1. The van der Waals surface area contributed by atoms with Gasteiger partial charge in [0.05, 0.1) is 49.2 Å². The zero-order chi connectivity index (χ0) is 42.8. The molecule has 10 rings (SSSR count). The Morgan fingerprint density at radius 3 is 2.45 bits per heavy atom. The maximum atomic E-state index is 14.0. The van der Waals surface area contributed by atoms with Gasteiger partial charge in [0.25, 0.3) is 5.91 Å². The van der Waals surface area contributed by atoms with Gasteiger partial charge in [-0.3, -0.25) is 9.59 Å². The molecule has 4 aliphatic rings. The number of likely N-dealkylation sites (tertiary alicyclic amines) is 2. The Balaban J connectivity index is 0.896. The number of alkyl carbamates (subject to hydrolysis) is 2. The van der Waals surface area contributed by atoms with Gasteiger partial charge in [0.15, 0.2) is 0 Å². The number of ether oxygens (including phenoxy) is 3. The monoisotopic (exact) mass is 836 g/mol. The number of carbonyl (C=O) groups excluding carboxylic acids is 4. The molecule has 1 saturated carbocycles. The van der Waals surface area contributed by atoms with Crippen molar-refractivity contribution in [3.63, 3.8) is 0 Å². The van der Waals surface area contributed by atoms with Gasteiger partial charge >= 0.3 is 12.2 Å². The van der Waals surface area contributed by atoms with Crippen LogP contribution in [0.2, 0.25) is 0 Å². The summed E-state index contributed by atoms with van der Waals surface area (Å²) in [6.45, 7) is 4.76. The van der Waals surface area contributed by atoms with Crippen molar-refractivity contribution >= 4 is 45.8 Å². The zero-order valence-corrected chi connectivity index (χ0v) is 34.9. The largest absolute Gasteiger partial charge is 0.488 e. The average molecular weight is 837 g/mol. The van der Waals surface area contributed by atoms with E-state index in [9.17, 15) is 19.2 Å². The summed E-state index contributed by atoms with van der Waals surface area (Å²) in [6, 6.07) is 21.9. The first-order chi connectivity index (χ1) is 30.1. The highest BCUT2D eigenvalue weighted by molar-refractivity contribution is 6.07. The minimum atomic E-state index is -0.894. The van der Waals surface area contributed by atoms with Crippen molar-refractivity contribution in [2.45, 2.75) is 76.3 Å². The highest BCUT2D eigenvalue weighted by Crippen LogP contribution is 2.54. The molecule has 0 unspecified atom stereocenters. The first-order valence-electron chi connectivity index (χ1n) is 21.2. The van der Waals surface area contributed by atoms with Crippen molar-refractivity contribution in [1.82, 2.24) is 40.4 Å². The number of fused-ring (bicyclic) bond motifs is 7. The number of amides is 4. The Bertz CT molecular complexity index is 2750. The molecule has 4 aromatic carbocycles. The number of H-pyrrole nitrogens is 2. The second kappa shape index (κ2) is 15.5. The summed E-state index contributed by atoms with van der Waals surface area (Å²) < 4.78 is 16.1. The number of aromatic amines is 2. The highest BCUT2D eigenvalue weighted by Gasteiger charge is 2.56. The first kappa shape index (κ1) is 39.2. The smallest absolute Gasteiger partial charge is 0.407 e. The molecule has 5 heterocycles. The SMILES string of the molecule is COC(=O)N[C@H](C(=O)N1[C@@H]2C[C@@H]2C[C@H]1c1nc2ccc3cc4c(cc3c2[nH]1)OCc1cc(-c2cnc([C@@H]3CCCN3C(=O)[C@H](NC(=O)OC)c3ccccc3)[nH]2)ccc1-4)C(C)C. The summed E-state index contributed by atoms with van der Waals surface area (Å²) >= 11 is 0. The molecule has 318 valence electrons. The summed E-state index contributed by atoms with van der Waals surface area (Å²) in [7, 11) is 2.58. The Morgan fingerprint density at radius 1 is 0.855 bits per heavy atom. The molecule has 2 saturated heterocycles. The second-order valence-corrected chi connectivity index (χ2v) is 17.1. The Morgan fingerprint density at radius 2 is 1.66 bits per heavy atom. The molecule has 0 spiro atoms. The molecule has 1 aliphatic carbocycles. The van der Waals surface area contributed by atoms with Gasteiger partial charge in [-0.2, -0.15) is 0 Å². The molecule has 4 amide bonds. The molecule has 6 atom stereocenters. The lowest BCUT2D eigenvalue weighted by Gasteiger charge is -2.31. The third kappa shape index (κ3) is 6.85. The lowest BCUT2D eigenvalue weighted by Crippen LogP contribution is -2.52. The Hall–Kier alpha value is -6.90. The zero-order valence-electron chi connectivity index (χ0n) is 34.9. The topological polar surface area (TPSA) is 184 Å². The summed E-state index contributed by atoms with van der Waals surface area (Å²) in [5.41, 5.74) is 7.27. The molecule has 15 heteroatoms. The molecule has 3 aliphatic heterocycles. The standard InChI is InChI=1S/C47H48N8O7/c1-24(2)39(52-46(58)60-3)45(57)55-36-19-28(36)20-37(55)43-49-33-15-13-26-18-32-30-14-12-27(17-29(30)23-62-38(32)21-31(26)41(33)51-43)34-22-48-42(50-34)35-11-8-16-54(35)44(56)40(53-47(59)61-4)25-9-6-5-7-10-25/h5-7,9-10,12-15,17-18,21-22,24,28,35-37,39-40H,8,11,16,19-20,23H2,1-4H3,(H,48,50)(H,49,51)(H,52,58)(H,53,59)/t28-,35+,36-,37+,39+,40-/m1/s1. The maximum Gasteiger partial charge on any atom is 0.407 e. The molecular weight excluding hydrogens is 789 g/mol. The van der Waals surface area contributed by atoms with E-state index in [2.05, 4.69) is 57.0 Å². The van der Waals surface area contributed by atoms with E-state index >= 15 is 0 Å². The number of imidazole rings is 2. The van der Waals surface area contributed by atoms with E-state index in [1.807, 2.05) is 55.1 Å². The molecule has 15 nitrogen and oxygen atoms in total. The van der Waals surface area contributed by atoms with Crippen LogP contribution in [0, 0.1) is 11.8 Å². The van der Waals surface area contributed by atoms with Crippen LogP contribution in [0.25, 0.3) is 44.2 Å². The number of nitrogens with one attached hydrogen (secondary N) is 4. The van der Waals surface area contributed by atoms with Crippen molar-refractivity contribution in [3.8, 4) is 28.1 Å². The van der Waals surface area contributed by atoms with Crippen molar-refractivity contribution < 1.29 is 33.4 Å². The van der Waals surface area contributed by atoms with Crippen LogP contribution in [0.1, 0.15) is 80.4 Å². The van der Waals surface area contributed by atoms with E-state index in [1.165, 1.54) is 14.2 Å².